The van der Waals surface area contributed by atoms with Crippen molar-refractivity contribution >= 4 is 11.6 Å². The Bertz CT molecular complexity index is 431. The number of hydrogen-bond acceptors (Lipinski definition) is 3. The summed E-state index contributed by atoms with van der Waals surface area (Å²) in [5.74, 6) is 0.788. The van der Waals surface area contributed by atoms with Gasteiger partial charge in [0.05, 0.1) is 5.69 Å². The fourth-order valence-electron chi connectivity index (χ4n) is 1.98. The number of likely N-dealkylation sites (N-methyl/N-ethyl adjacent to an activating group) is 2. The first-order chi connectivity index (χ1) is 8.13. The van der Waals surface area contributed by atoms with Gasteiger partial charge in [0.2, 0.25) is 0 Å². The molecule has 1 aliphatic heterocycles. The Morgan fingerprint density at radius 3 is 2.94 bits per heavy atom. The van der Waals surface area contributed by atoms with Crippen molar-refractivity contribution in [3.63, 3.8) is 0 Å². The van der Waals surface area contributed by atoms with Crippen LogP contribution < -0.4 is 15.0 Å². The molecule has 1 amide bonds. The Balaban J connectivity index is 2.28. The van der Waals surface area contributed by atoms with Gasteiger partial charge in [-0.1, -0.05) is 6.07 Å². The lowest BCUT2D eigenvalue weighted by atomic mass is 10.1. The van der Waals surface area contributed by atoms with E-state index in [4.69, 9.17) is 4.74 Å². The molecule has 0 bridgehead atoms. The van der Waals surface area contributed by atoms with Gasteiger partial charge in [0.25, 0.3) is 5.91 Å². The van der Waals surface area contributed by atoms with E-state index in [1.807, 2.05) is 25.2 Å². The SMILES string of the molecule is CNCCc1ccc2c(c1)N(C)C(=O)C(C)O2. The first-order valence-electron chi connectivity index (χ1n) is 5.85. The zero-order valence-electron chi connectivity index (χ0n) is 10.5. The summed E-state index contributed by atoms with van der Waals surface area (Å²) in [6.07, 6.45) is 0.553. The van der Waals surface area contributed by atoms with Crippen LogP contribution in [-0.2, 0) is 11.2 Å². The van der Waals surface area contributed by atoms with Crippen LogP contribution in [0, 0.1) is 0 Å². The molecule has 0 radical (unpaired) electrons. The summed E-state index contributed by atoms with van der Waals surface area (Å²) in [6.45, 7) is 2.70. The Morgan fingerprint density at radius 1 is 1.47 bits per heavy atom. The average Bonchev–Trinajstić information content (AvgIpc) is 2.34. The molecule has 1 N–H and O–H groups in total. The third-order valence-corrected chi connectivity index (χ3v) is 3.03. The van der Waals surface area contributed by atoms with E-state index in [2.05, 4.69) is 5.32 Å². The van der Waals surface area contributed by atoms with Crippen molar-refractivity contribution in [3.8, 4) is 5.75 Å². The second-order valence-electron chi connectivity index (χ2n) is 4.31. The van der Waals surface area contributed by atoms with Gasteiger partial charge in [0, 0.05) is 7.05 Å². The summed E-state index contributed by atoms with van der Waals surface area (Å²) in [6, 6.07) is 6.02. The molecular formula is C13H18N2O2. The molecule has 92 valence electrons. The molecule has 1 aromatic carbocycles. The summed E-state index contributed by atoms with van der Waals surface area (Å²) >= 11 is 0. The molecule has 0 saturated heterocycles. The highest BCUT2D eigenvalue weighted by molar-refractivity contribution is 5.99. The fourth-order valence-corrected chi connectivity index (χ4v) is 1.98. The second-order valence-corrected chi connectivity index (χ2v) is 4.31. The van der Waals surface area contributed by atoms with Crippen LogP contribution in [0.25, 0.3) is 0 Å². The van der Waals surface area contributed by atoms with Crippen molar-refractivity contribution in [3.05, 3.63) is 23.8 Å². The van der Waals surface area contributed by atoms with Crippen LogP contribution in [0.3, 0.4) is 0 Å². The van der Waals surface area contributed by atoms with Crippen molar-refractivity contribution in [2.75, 3.05) is 25.5 Å². The van der Waals surface area contributed by atoms with E-state index in [0.717, 1.165) is 24.4 Å². The van der Waals surface area contributed by atoms with E-state index >= 15 is 0 Å². The maximum absolute atomic E-state index is 11.8. The van der Waals surface area contributed by atoms with Crippen molar-refractivity contribution < 1.29 is 9.53 Å². The molecule has 1 unspecified atom stereocenters. The monoisotopic (exact) mass is 234 g/mol. The van der Waals surface area contributed by atoms with Crippen molar-refractivity contribution in [1.29, 1.82) is 0 Å². The minimum Gasteiger partial charge on any atom is -0.479 e. The molecule has 0 saturated carbocycles. The van der Waals surface area contributed by atoms with Crippen LogP contribution in [0.1, 0.15) is 12.5 Å². The molecule has 0 fully saturated rings. The zero-order valence-corrected chi connectivity index (χ0v) is 10.5. The lowest BCUT2D eigenvalue weighted by molar-refractivity contribution is -0.125. The highest BCUT2D eigenvalue weighted by atomic mass is 16.5. The van der Waals surface area contributed by atoms with Gasteiger partial charge in [0.15, 0.2) is 6.10 Å². The van der Waals surface area contributed by atoms with Crippen LogP contribution in [0.2, 0.25) is 0 Å². The quantitative estimate of drug-likeness (QED) is 0.854. The van der Waals surface area contributed by atoms with Gasteiger partial charge in [-0.2, -0.15) is 0 Å². The molecule has 1 atom stereocenters. The van der Waals surface area contributed by atoms with Crippen LogP contribution in [-0.4, -0.2) is 32.7 Å². The molecule has 4 heteroatoms. The molecule has 0 aliphatic carbocycles. The molecule has 1 aliphatic rings. The average molecular weight is 234 g/mol. The molecule has 17 heavy (non-hydrogen) atoms. The van der Waals surface area contributed by atoms with Gasteiger partial charge in [-0.05, 0) is 44.6 Å². The molecule has 1 aromatic rings. The third-order valence-electron chi connectivity index (χ3n) is 3.03. The van der Waals surface area contributed by atoms with Crippen LogP contribution >= 0.6 is 0 Å². The van der Waals surface area contributed by atoms with Gasteiger partial charge in [-0.25, -0.2) is 0 Å². The number of nitrogens with zero attached hydrogens (tertiary/aromatic N) is 1. The van der Waals surface area contributed by atoms with Crippen molar-refractivity contribution in [2.24, 2.45) is 0 Å². The smallest absolute Gasteiger partial charge is 0.267 e. The van der Waals surface area contributed by atoms with E-state index in [0.29, 0.717) is 0 Å². The molecule has 4 nitrogen and oxygen atoms in total. The first-order valence-corrected chi connectivity index (χ1v) is 5.85. The highest BCUT2D eigenvalue weighted by Crippen LogP contribution is 2.33. The molecule has 0 aromatic heterocycles. The van der Waals surface area contributed by atoms with E-state index < -0.39 is 6.10 Å². The van der Waals surface area contributed by atoms with E-state index in [-0.39, 0.29) is 5.91 Å². The number of ether oxygens (including phenoxy) is 1. The first kappa shape index (κ1) is 11.9. The number of carbonyl (C=O) groups excluding carboxylic acids is 1. The summed E-state index contributed by atoms with van der Waals surface area (Å²) < 4.78 is 5.57. The molecule has 0 spiro atoms. The van der Waals surface area contributed by atoms with E-state index in [1.54, 1.807) is 18.9 Å². The molecule has 2 rings (SSSR count). The summed E-state index contributed by atoms with van der Waals surface area (Å²) in [5, 5.41) is 3.11. The van der Waals surface area contributed by atoms with E-state index in [9.17, 15) is 4.79 Å². The lowest BCUT2D eigenvalue weighted by Crippen LogP contribution is -2.42. The minimum absolute atomic E-state index is 0.00302. The predicted molar refractivity (Wildman–Crippen MR) is 67.6 cm³/mol. The van der Waals surface area contributed by atoms with Gasteiger partial charge in [-0.15, -0.1) is 0 Å². The van der Waals surface area contributed by atoms with Gasteiger partial charge in [0.1, 0.15) is 5.75 Å². The molecule has 1 heterocycles. The predicted octanol–water partition coefficient (Wildman–Crippen LogP) is 1.19. The standard InChI is InChI=1S/C13H18N2O2/c1-9-13(16)15(3)11-8-10(6-7-14-2)4-5-12(11)17-9/h4-5,8-9,14H,6-7H2,1-3H3. The van der Waals surface area contributed by atoms with Gasteiger partial charge < -0.3 is 15.0 Å². The fraction of sp³-hybridized carbons (Fsp3) is 0.462. The number of rotatable bonds is 3. The Morgan fingerprint density at radius 2 is 2.24 bits per heavy atom. The Kier molecular flexibility index (Phi) is 3.33. The molecular weight excluding hydrogens is 216 g/mol. The Labute approximate surface area is 102 Å². The summed E-state index contributed by atoms with van der Waals surface area (Å²) in [7, 11) is 3.72. The number of nitrogens with one attached hydrogen (secondary N) is 1. The number of hydrogen-bond donors (Lipinski definition) is 1. The minimum atomic E-state index is -0.393. The number of carbonyl (C=O) groups is 1. The summed E-state index contributed by atoms with van der Waals surface area (Å²) in [4.78, 5) is 13.5. The van der Waals surface area contributed by atoms with Crippen LogP contribution in [0.15, 0.2) is 18.2 Å². The maximum Gasteiger partial charge on any atom is 0.267 e. The van der Waals surface area contributed by atoms with E-state index in [1.165, 1.54) is 5.56 Å². The largest absolute Gasteiger partial charge is 0.479 e. The van der Waals surface area contributed by atoms with Crippen LogP contribution in [0.5, 0.6) is 5.75 Å². The number of fused-ring (bicyclic) bond motifs is 1. The zero-order chi connectivity index (χ0) is 12.4. The number of amides is 1. The third kappa shape index (κ3) is 2.26. The van der Waals surface area contributed by atoms with Crippen LogP contribution in [0.4, 0.5) is 5.69 Å². The summed E-state index contributed by atoms with van der Waals surface area (Å²) in [5.41, 5.74) is 2.07. The number of anilines is 1. The maximum atomic E-state index is 11.8. The van der Waals surface area contributed by atoms with Gasteiger partial charge >= 0.3 is 0 Å². The lowest BCUT2D eigenvalue weighted by Gasteiger charge is -2.30. The normalized spacial score (nSPS) is 18.9. The van der Waals surface area contributed by atoms with Crippen molar-refractivity contribution in [1.82, 2.24) is 5.32 Å². The number of benzene rings is 1. The second kappa shape index (κ2) is 4.75. The Hall–Kier alpha value is -1.55. The topological polar surface area (TPSA) is 41.6 Å². The van der Waals surface area contributed by atoms with Crippen molar-refractivity contribution in [2.45, 2.75) is 19.4 Å². The highest BCUT2D eigenvalue weighted by Gasteiger charge is 2.28. The van der Waals surface area contributed by atoms with Gasteiger partial charge in [-0.3, -0.25) is 4.79 Å².